The van der Waals surface area contributed by atoms with E-state index < -0.39 is 0 Å². The average Bonchev–Trinajstić information content (AvgIpc) is 2.74. The van der Waals surface area contributed by atoms with Crippen molar-refractivity contribution in [1.82, 2.24) is 4.98 Å². The Morgan fingerprint density at radius 1 is 1.21 bits per heavy atom. The summed E-state index contributed by atoms with van der Waals surface area (Å²) in [5.74, 6) is 0. The Balaban J connectivity index is 2.33. The predicted molar refractivity (Wildman–Crippen MR) is 82.7 cm³/mol. The second-order valence-electron chi connectivity index (χ2n) is 6.02. The van der Waals surface area contributed by atoms with Crippen molar-refractivity contribution in [3.8, 4) is 0 Å². The molecule has 1 unspecified atom stereocenters. The molecule has 2 aromatic rings. The second kappa shape index (κ2) is 5.43. The molecule has 3 heteroatoms. The van der Waals surface area contributed by atoms with E-state index in [1.54, 1.807) is 11.3 Å². The predicted octanol–water partition coefficient (Wildman–Crippen LogP) is 4.05. The zero-order valence-electron chi connectivity index (χ0n) is 12.1. The molecular formula is C16H22N2S. The summed E-state index contributed by atoms with van der Waals surface area (Å²) in [6.45, 7) is 8.62. The number of aromatic nitrogens is 1. The Bertz CT molecular complexity index is 536. The molecule has 0 aliphatic rings. The molecule has 0 spiro atoms. The summed E-state index contributed by atoms with van der Waals surface area (Å²) in [7, 11) is 0. The minimum absolute atomic E-state index is 0.0500. The van der Waals surface area contributed by atoms with Gasteiger partial charge < -0.3 is 5.73 Å². The molecule has 1 aromatic heterocycles. The van der Waals surface area contributed by atoms with Crippen LogP contribution in [0.4, 0.5) is 0 Å². The molecule has 0 amide bonds. The maximum atomic E-state index is 6.09. The van der Waals surface area contributed by atoms with Crippen LogP contribution < -0.4 is 5.73 Å². The molecule has 1 atom stereocenters. The molecule has 0 aliphatic carbocycles. The first kappa shape index (κ1) is 14.2. The van der Waals surface area contributed by atoms with Crippen LogP contribution in [-0.2, 0) is 11.8 Å². The van der Waals surface area contributed by atoms with Crippen LogP contribution in [0.25, 0.3) is 0 Å². The average molecular weight is 274 g/mol. The molecule has 0 aliphatic heterocycles. The number of thiazole rings is 1. The lowest BCUT2D eigenvalue weighted by Gasteiger charge is -2.18. The first-order valence-electron chi connectivity index (χ1n) is 6.67. The molecule has 0 radical (unpaired) electrons. The number of hydrogen-bond donors (Lipinski definition) is 1. The Morgan fingerprint density at radius 2 is 1.84 bits per heavy atom. The van der Waals surface area contributed by atoms with Crippen molar-refractivity contribution >= 4 is 11.3 Å². The monoisotopic (exact) mass is 274 g/mol. The third kappa shape index (κ3) is 3.43. The molecule has 1 heterocycles. The van der Waals surface area contributed by atoms with Gasteiger partial charge in [0, 0.05) is 22.8 Å². The van der Waals surface area contributed by atoms with Gasteiger partial charge in [-0.15, -0.1) is 11.3 Å². The van der Waals surface area contributed by atoms with E-state index in [9.17, 15) is 0 Å². The van der Waals surface area contributed by atoms with Crippen LogP contribution in [-0.4, -0.2) is 4.98 Å². The quantitative estimate of drug-likeness (QED) is 0.917. The van der Waals surface area contributed by atoms with E-state index in [2.05, 4.69) is 45.0 Å². The Hall–Kier alpha value is -1.19. The zero-order chi connectivity index (χ0) is 14.0. The van der Waals surface area contributed by atoms with Crippen LogP contribution in [0.3, 0.4) is 0 Å². The van der Waals surface area contributed by atoms with E-state index in [0.29, 0.717) is 0 Å². The molecule has 0 bridgehead atoms. The largest absolute Gasteiger partial charge is 0.323 e. The molecule has 0 fully saturated rings. The Labute approximate surface area is 119 Å². The van der Waals surface area contributed by atoms with Crippen LogP contribution in [0.1, 0.15) is 54.9 Å². The molecule has 0 saturated carbocycles. The van der Waals surface area contributed by atoms with E-state index in [1.807, 2.05) is 13.0 Å². The van der Waals surface area contributed by atoms with Gasteiger partial charge in [-0.1, -0.05) is 51.1 Å². The van der Waals surface area contributed by atoms with Crippen LogP contribution in [0, 0.1) is 0 Å². The molecule has 2 nitrogen and oxygen atoms in total. The van der Waals surface area contributed by atoms with Crippen LogP contribution in [0.5, 0.6) is 0 Å². The SMILES string of the molecule is CC(N)c1sc(Cc2ccccc2)nc1C(C)(C)C. The summed E-state index contributed by atoms with van der Waals surface area (Å²) in [5, 5.41) is 1.16. The van der Waals surface area contributed by atoms with Crippen molar-refractivity contribution in [3.05, 3.63) is 51.5 Å². The fraction of sp³-hybridized carbons (Fsp3) is 0.438. The van der Waals surface area contributed by atoms with Crippen molar-refractivity contribution in [2.24, 2.45) is 5.73 Å². The smallest absolute Gasteiger partial charge is 0.0975 e. The van der Waals surface area contributed by atoms with Gasteiger partial charge in [-0.25, -0.2) is 4.98 Å². The van der Waals surface area contributed by atoms with Gasteiger partial charge in [0.2, 0.25) is 0 Å². The minimum Gasteiger partial charge on any atom is -0.323 e. The van der Waals surface area contributed by atoms with Crippen LogP contribution in [0.2, 0.25) is 0 Å². The van der Waals surface area contributed by atoms with Gasteiger partial charge in [-0.3, -0.25) is 0 Å². The van der Waals surface area contributed by atoms with E-state index in [-0.39, 0.29) is 11.5 Å². The minimum atomic E-state index is 0.0500. The number of rotatable bonds is 3. The van der Waals surface area contributed by atoms with Gasteiger partial charge in [0.15, 0.2) is 0 Å². The summed E-state index contributed by atoms with van der Waals surface area (Å²) >= 11 is 1.75. The molecule has 19 heavy (non-hydrogen) atoms. The molecular weight excluding hydrogens is 252 g/mol. The summed E-state index contributed by atoms with van der Waals surface area (Å²) in [4.78, 5) is 6.06. The van der Waals surface area contributed by atoms with Gasteiger partial charge >= 0.3 is 0 Å². The molecule has 102 valence electrons. The Morgan fingerprint density at radius 3 is 2.32 bits per heavy atom. The van der Waals surface area contributed by atoms with Gasteiger partial charge in [0.25, 0.3) is 0 Å². The first-order chi connectivity index (χ1) is 8.88. The van der Waals surface area contributed by atoms with Gasteiger partial charge in [0.05, 0.1) is 10.7 Å². The maximum absolute atomic E-state index is 6.09. The second-order valence-corrected chi connectivity index (χ2v) is 7.14. The van der Waals surface area contributed by atoms with Crippen LogP contribution >= 0.6 is 11.3 Å². The van der Waals surface area contributed by atoms with E-state index in [4.69, 9.17) is 10.7 Å². The molecule has 2 N–H and O–H groups in total. The number of benzene rings is 1. The molecule has 2 rings (SSSR count). The van der Waals surface area contributed by atoms with Gasteiger partial charge in [-0.05, 0) is 12.5 Å². The number of hydrogen-bond acceptors (Lipinski definition) is 3. The van der Waals surface area contributed by atoms with Crippen molar-refractivity contribution in [3.63, 3.8) is 0 Å². The maximum Gasteiger partial charge on any atom is 0.0975 e. The molecule has 0 saturated heterocycles. The van der Waals surface area contributed by atoms with Crippen molar-refractivity contribution < 1.29 is 0 Å². The fourth-order valence-corrected chi connectivity index (χ4v) is 3.33. The van der Waals surface area contributed by atoms with Crippen molar-refractivity contribution in [2.75, 3.05) is 0 Å². The highest BCUT2D eigenvalue weighted by atomic mass is 32.1. The molecule has 1 aromatic carbocycles. The zero-order valence-corrected chi connectivity index (χ0v) is 12.9. The van der Waals surface area contributed by atoms with Crippen LogP contribution in [0.15, 0.2) is 30.3 Å². The highest BCUT2D eigenvalue weighted by Gasteiger charge is 2.24. The van der Waals surface area contributed by atoms with E-state index >= 15 is 0 Å². The first-order valence-corrected chi connectivity index (χ1v) is 7.49. The lowest BCUT2D eigenvalue weighted by atomic mass is 9.90. The van der Waals surface area contributed by atoms with Crippen molar-refractivity contribution in [2.45, 2.75) is 45.6 Å². The lowest BCUT2D eigenvalue weighted by Crippen LogP contribution is -2.17. The summed E-state index contributed by atoms with van der Waals surface area (Å²) in [5.41, 5.74) is 8.59. The van der Waals surface area contributed by atoms with Gasteiger partial charge in [-0.2, -0.15) is 0 Å². The summed E-state index contributed by atoms with van der Waals surface area (Å²) in [6.07, 6.45) is 0.890. The van der Waals surface area contributed by atoms with Crippen molar-refractivity contribution in [1.29, 1.82) is 0 Å². The normalized spacial score (nSPS) is 13.5. The lowest BCUT2D eigenvalue weighted by molar-refractivity contribution is 0.559. The third-order valence-electron chi connectivity index (χ3n) is 3.02. The topological polar surface area (TPSA) is 38.9 Å². The summed E-state index contributed by atoms with van der Waals surface area (Å²) < 4.78 is 0. The number of nitrogens with zero attached hydrogens (tertiary/aromatic N) is 1. The summed E-state index contributed by atoms with van der Waals surface area (Å²) in [6, 6.07) is 10.5. The Kier molecular flexibility index (Phi) is 4.07. The highest BCUT2D eigenvalue weighted by molar-refractivity contribution is 7.11. The van der Waals surface area contributed by atoms with Gasteiger partial charge in [0.1, 0.15) is 0 Å². The highest BCUT2D eigenvalue weighted by Crippen LogP contribution is 2.33. The standard InChI is InChI=1S/C16H22N2S/c1-11(17)14-15(16(2,3)4)18-13(19-14)10-12-8-6-5-7-9-12/h5-9,11H,10,17H2,1-4H3. The third-order valence-corrected chi connectivity index (χ3v) is 4.28. The van der Waals surface area contributed by atoms with E-state index in [1.165, 1.54) is 10.4 Å². The number of nitrogens with two attached hydrogens (primary N) is 1. The van der Waals surface area contributed by atoms with E-state index in [0.717, 1.165) is 17.1 Å². The fourth-order valence-electron chi connectivity index (χ4n) is 2.07.